The van der Waals surface area contributed by atoms with E-state index in [0.29, 0.717) is 17.9 Å². The van der Waals surface area contributed by atoms with Crippen LogP contribution < -0.4 is 11.1 Å². The maximum Gasteiger partial charge on any atom is 0.255 e. The Morgan fingerprint density at radius 3 is 2.38 bits per heavy atom. The Hall–Kier alpha value is -1.29. The van der Waals surface area contributed by atoms with E-state index in [4.69, 9.17) is 10.2 Å². The van der Waals surface area contributed by atoms with Crippen molar-refractivity contribution in [2.24, 2.45) is 5.73 Å². The van der Waals surface area contributed by atoms with Crippen LogP contribution in [0.15, 0.2) is 4.42 Å². The number of nitrogens with one attached hydrogen (secondary N) is 1. The van der Waals surface area contributed by atoms with E-state index >= 15 is 0 Å². The molecule has 1 aromatic heterocycles. The summed E-state index contributed by atoms with van der Waals surface area (Å²) in [7, 11) is 0. The van der Waals surface area contributed by atoms with Crippen LogP contribution in [-0.2, 0) is 0 Å². The topological polar surface area (TPSA) is 68.3 Å². The zero-order chi connectivity index (χ0) is 11.9. The van der Waals surface area contributed by atoms with Crippen molar-refractivity contribution in [2.75, 3.05) is 6.54 Å². The molecule has 4 heteroatoms. The minimum Gasteiger partial charge on any atom is -0.466 e. The first-order valence-corrected chi connectivity index (χ1v) is 5.58. The molecule has 0 saturated heterocycles. The summed E-state index contributed by atoms with van der Waals surface area (Å²) in [6.45, 7) is 6.10. The maximum absolute atomic E-state index is 12.1. The third-order valence-electron chi connectivity index (χ3n) is 3.41. The molecule has 1 amide bonds. The molecule has 0 unspecified atom stereocenters. The van der Waals surface area contributed by atoms with Crippen molar-refractivity contribution in [3.8, 4) is 0 Å². The van der Waals surface area contributed by atoms with Crippen LogP contribution in [0.4, 0.5) is 0 Å². The van der Waals surface area contributed by atoms with E-state index in [9.17, 15) is 4.79 Å². The number of aryl methyl sites for hydroxylation is 2. The first-order chi connectivity index (χ1) is 7.49. The average molecular weight is 222 g/mol. The van der Waals surface area contributed by atoms with Gasteiger partial charge in [0.05, 0.1) is 11.1 Å². The fourth-order valence-electron chi connectivity index (χ4n) is 1.96. The fourth-order valence-corrected chi connectivity index (χ4v) is 1.96. The van der Waals surface area contributed by atoms with E-state index in [-0.39, 0.29) is 11.4 Å². The molecule has 16 heavy (non-hydrogen) atoms. The van der Waals surface area contributed by atoms with Crippen molar-refractivity contribution in [1.82, 2.24) is 5.32 Å². The molecular formula is C12H18N2O2. The SMILES string of the molecule is Cc1oc(C)c(C(=O)NC2(CN)CC2)c1C. The third kappa shape index (κ3) is 1.73. The average Bonchev–Trinajstić information content (AvgIpc) is 2.92. The number of rotatable bonds is 3. The van der Waals surface area contributed by atoms with Crippen LogP contribution in [0.3, 0.4) is 0 Å². The summed E-state index contributed by atoms with van der Waals surface area (Å²) in [4.78, 5) is 12.1. The molecule has 1 saturated carbocycles. The highest BCUT2D eigenvalue weighted by molar-refractivity contribution is 5.97. The van der Waals surface area contributed by atoms with Gasteiger partial charge in [-0.05, 0) is 33.6 Å². The van der Waals surface area contributed by atoms with E-state index in [1.54, 1.807) is 0 Å². The fraction of sp³-hybridized carbons (Fsp3) is 0.583. The molecule has 1 fully saturated rings. The smallest absolute Gasteiger partial charge is 0.255 e. The quantitative estimate of drug-likeness (QED) is 0.812. The predicted octanol–water partition coefficient (Wildman–Crippen LogP) is 1.43. The largest absolute Gasteiger partial charge is 0.466 e. The van der Waals surface area contributed by atoms with Crippen molar-refractivity contribution < 1.29 is 9.21 Å². The standard InChI is InChI=1S/C12H18N2O2/c1-7-8(2)16-9(3)10(7)11(15)14-12(6-13)4-5-12/h4-6,13H2,1-3H3,(H,14,15). The third-order valence-corrected chi connectivity index (χ3v) is 3.41. The molecular weight excluding hydrogens is 204 g/mol. The van der Waals surface area contributed by atoms with Gasteiger partial charge in [-0.1, -0.05) is 0 Å². The lowest BCUT2D eigenvalue weighted by Crippen LogP contribution is -2.42. The van der Waals surface area contributed by atoms with Gasteiger partial charge in [-0.2, -0.15) is 0 Å². The molecule has 3 N–H and O–H groups in total. The first kappa shape index (κ1) is 11.2. The minimum absolute atomic E-state index is 0.0604. The van der Waals surface area contributed by atoms with Crippen molar-refractivity contribution >= 4 is 5.91 Å². The second-order valence-corrected chi connectivity index (χ2v) is 4.65. The number of hydrogen-bond acceptors (Lipinski definition) is 3. The summed E-state index contributed by atoms with van der Waals surface area (Å²) in [6.07, 6.45) is 1.95. The van der Waals surface area contributed by atoms with Crippen LogP contribution in [0.5, 0.6) is 0 Å². The summed E-state index contributed by atoms with van der Waals surface area (Å²) in [5.74, 6) is 1.43. The Labute approximate surface area is 95.2 Å². The summed E-state index contributed by atoms with van der Waals surface area (Å²) in [5.41, 5.74) is 7.07. The number of hydrogen-bond donors (Lipinski definition) is 2. The highest BCUT2D eigenvalue weighted by atomic mass is 16.3. The maximum atomic E-state index is 12.1. The lowest BCUT2D eigenvalue weighted by Gasteiger charge is -2.14. The summed E-state index contributed by atoms with van der Waals surface area (Å²) < 4.78 is 5.44. The number of nitrogens with two attached hydrogens (primary N) is 1. The molecule has 0 aromatic carbocycles. The van der Waals surface area contributed by atoms with E-state index < -0.39 is 0 Å². The normalized spacial score (nSPS) is 17.2. The lowest BCUT2D eigenvalue weighted by atomic mass is 10.1. The highest BCUT2D eigenvalue weighted by Gasteiger charge is 2.43. The van der Waals surface area contributed by atoms with Crippen molar-refractivity contribution in [1.29, 1.82) is 0 Å². The van der Waals surface area contributed by atoms with Crippen molar-refractivity contribution in [3.05, 3.63) is 22.6 Å². The van der Waals surface area contributed by atoms with Gasteiger partial charge in [0.2, 0.25) is 0 Å². The molecule has 0 aliphatic heterocycles. The van der Waals surface area contributed by atoms with E-state index in [1.807, 2.05) is 20.8 Å². The van der Waals surface area contributed by atoms with Gasteiger partial charge in [-0.25, -0.2) is 0 Å². The second kappa shape index (κ2) is 3.63. The predicted molar refractivity (Wildman–Crippen MR) is 61.4 cm³/mol. The van der Waals surface area contributed by atoms with Crippen LogP contribution in [0.25, 0.3) is 0 Å². The molecule has 4 nitrogen and oxygen atoms in total. The molecule has 1 heterocycles. The van der Waals surface area contributed by atoms with Gasteiger partial charge >= 0.3 is 0 Å². The zero-order valence-electron chi connectivity index (χ0n) is 10.0. The minimum atomic E-state index is -0.152. The lowest BCUT2D eigenvalue weighted by molar-refractivity contribution is 0.0931. The number of carbonyl (C=O) groups is 1. The Kier molecular flexibility index (Phi) is 2.54. The molecule has 0 atom stereocenters. The van der Waals surface area contributed by atoms with Crippen LogP contribution in [-0.4, -0.2) is 18.0 Å². The summed E-state index contributed by atoms with van der Waals surface area (Å²) in [6, 6.07) is 0. The molecule has 88 valence electrons. The Balaban J connectivity index is 2.21. The van der Waals surface area contributed by atoms with E-state index in [1.165, 1.54) is 0 Å². The molecule has 0 bridgehead atoms. The van der Waals surface area contributed by atoms with Crippen LogP contribution in [0, 0.1) is 20.8 Å². The summed E-state index contributed by atoms with van der Waals surface area (Å²) in [5, 5.41) is 3.00. The van der Waals surface area contributed by atoms with Gasteiger partial charge in [0.1, 0.15) is 11.5 Å². The number of carbonyl (C=O) groups excluding carboxylic acids is 1. The van der Waals surface area contributed by atoms with Gasteiger partial charge in [0.25, 0.3) is 5.91 Å². The molecule has 1 aromatic rings. The first-order valence-electron chi connectivity index (χ1n) is 5.58. The monoisotopic (exact) mass is 222 g/mol. The van der Waals surface area contributed by atoms with Crippen LogP contribution >= 0.6 is 0 Å². The molecule has 0 radical (unpaired) electrons. The summed E-state index contributed by atoms with van der Waals surface area (Å²) >= 11 is 0. The number of furan rings is 1. The Morgan fingerprint density at radius 1 is 1.38 bits per heavy atom. The van der Waals surface area contributed by atoms with E-state index in [2.05, 4.69) is 5.32 Å². The van der Waals surface area contributed by atoms with Gasteiger partial charge in [0.15, 0.2) is 0 Å². The van der Waals surface area contributed by atoms with Crippen molar-refractivity contribution in [3.63, 3.8) is 0 Å². The molecule has 0 spiro atoms. The van der Waals surface area contributed by atoms with Gasteiger partial charge in [0, 0.05) is 12.1 Å². The van der Waals surface area contributed by atoms with Crippen molar-refractivity contribution in [2.45, 2.75) is 39.2 Å². The molecule has 1 aliphatic carbocycles. The van der Waals surface area contributed by atoms with Gasteiger partial charge < -0.3 is 15.5 Å². The van der Waals surface area contributed by atoms with Crippen LogP contribution in [0.2, 0.25) is 0 Å². The Bertz CT molecular complexity index is 430. The molecule has 1 aliphatic rings. The Morgan fingerprint density at radius 2 is 2.00 bits per heavy atom. The number of amides is 1. The highest BCUT2D eigenvalue weighted by Crippen LogP contribution is 2.34. The van der Waals surface area contributed by atoms with Gasteiger partial charge in [-0.15, -0.1) is 0 Å². The second-order valence-electron chi connectivity index (χ2n) is 4.65. The zero-order valence-corrected chi connectivity index (χ0v) is 10.0. The van der Waals surface area contributed by atoms with E-state index in [0.717, 1.165) is 24.2 Å². The van der Waals surface area contributed by atoms with Crippen LogP contribution in [0.1, 0.15) is 40.3 Å². The molecule has 2 rings (SSSR count). The van der Waals surface area contributed by atoms with Gasteiger partial charge in [-0.3, -0.25) is 4.79 Å².